The first-order chi connectivity index (χ1) is 9.78. The molecule has 3 N–H and O–H groups in total. The molecule has 0 radical (unpaired) electrons. The Labute approximate surface area is 116 Å². The van der Waals surface area contributed by atoms with E-state index in [4.69, 9.17) is 5.73 Å². The molecule has 1 unspecified atom stereocenters. The van der Waals surface area contributed by atoms with Gasteiger partial charge in [-0.3, -0.25) is 4.79 Å². The van der Waals surface area contributed by atoms with Gasteiger partial charge in [-0.25, -0.2) is 4.68 Å². The van der Waals surface area contributed by atoms with E-state index in [1.807, 2.05) is 0 Å². The van der Waals surface area contributed by atoms with Crippen LogP contribution in [0.25, 0.3) is 5.69 Å². The predicted molar refractivity (Wildman–Crippen MR) is 72.2 cm³/mol. The average Bonchev–Trinajstić information content (AvgIpc) is 3.18. The first-order valence-corrected chi connectivity index (χ1v) is 6.62. The third-order valence-electron chi connectivity index (χ3n) is 3.50. The van der Waals surface area contributed by atoms with Gasteiger partial charge in [0.15, 0.2) is 0 Å². The van der Waals surface area contributed by atoms with Crippen molar-refractivity contribution < 1.29 is 4.79 Å². The Bertz CT molecular complexity index is 575. The van der Waals surface area contributed by atoms with Crippen LogP contribution in [-0.2, 0) is 0 Å². The maximum absolute atomic E-state index is 12.1. The summed E-state index contributed by atoms with van der Waals surface area (Å²) in [5.41, 5.74) is 7.11. The molecule has 0 spiro atoms. The molecule has 0 aliphatic heterocycles. The molecule has 3 rings (SSSR count). The maximum atomic E-state index is 12.1. The second-order valence-corrected chi connectivity index (χ2v) is 4.95. The summed E-state index contributed by atoms with van der Waals surface area (Å²) in [7, 11) is 0. The molecule has 7 heteroatoms. The Kier molecular flexibility index (Phi) is 3.42. The number of amides is 1. The summed E-state index contributed by atoms with van der Waals surface area (Å²) in [4.78, 5) is 12.1. The van der Waals surface area contributed by atoms with Gasteiger partial charge in [0, 0.05) is 18.2 Å². The molecule has 7 nitrogen and oxygen atoms in total. The van der Waals surface area contributed by atoms with Gasteiger partial charge in [0.05, 0.1) is 5.69 Å². The van der Waals surface area contributed by atoms with E-state index in [1.54, 1.807) is 24.3 Å². The van der Waals surface area contributed by atoms with Crippen LogP contribution in [0.1, 0.15) is 23.2 Å². The molecule has 20 heavy (non-hydrogen) atoms. The third kappa shape index (κ3) is 2.67. The highest BCUT2D eigenvalue weighted by Gasteiger charge is 2.31. The summed E-state index contributed by atoms with van der Waals surface area (Å²) in [6.45, 7) is 0.485. The highest BCUT2D eigenvalue weighted by molar-refractivity contribution is 5.94. The van der Waals surface area contributed by atoms with E-state index in [9.17, 15) is 4.79 Å². The zero-order valence-electron chi connectivity index (χ0n) is 10.9. The number of benzene rings is 1. The van der Waals surface area contributed by atoms with Crippen LogP contribution in [-0.4, -0.2) is 38.7 Å². The van der Waals surface area contributed by atoms with Crippen molar-refractivity contribution in [3.05, 3.63) is 36.2 Å². The van der Waals surface area contributed by atoms with Crippen molar-refractivity contribution in [2.45, 2.75) is 18.9 Å². The normalized spacial score (nSPS) is 15.8. The minimum atomic E-state index is -0.0874. The Morgan fingerprint density at radius 2 is 2.15 bits per heavy atom. The fourth-order valence-corrected chi connectivity index (χ4v) is 2.16. The molecule has 1 aliphatic rings. The van der Waals surface area contributed by atoms with Gasteiger partial charge in [-0.15, -0.1) is 5.10 Å². The lowest BCUT2D eigenvalue weighted by molar-refractivity contribution is 0.0933. The van der Waals surface area contributed by atoms with E-state index < -0.39 is 0 Å². The second-order valence-electron chi connectivity index (χ2n) is 4.95. The molecule has 1 amide bonds. The standard InChI is InChI=1S/C13H16N6O/c14-7-12(9-1-2-9)16-13(20)10-3-5-11(6-4-10)19-8-15-17-18-19/h3-6,8-9,12H,1-2,7,14H2,(H,16,20). The van der Waals surface area contributed by atoms with Crippen LogP contribution in [0.3, 0.4) is 0 Å². The van der Waals surface area contributed by atoms with Gasteiger partial charge in [0.1, 0.15) is 6.33 Å². The molecule has 0 saturated heterocycles. The Morgan fingerprint density at radius 1 is 1.40 bits per heavy atom. The minimum absolute atomic E-state index is 0.0849. The number of rotatable bonds is 5. The van der Waals surface area contributed by atoms with E-state index in [0.29, 0.717) is 18.0 Å². The van der Waals surface area contributed by atoms with Gasteiger partial charge in [-0.1, -0.05) is 0 Å². The van der Waals surface area contributed by atoms with Crippen LogP contribution in [0.15, 0.2) is 30.6 Å². The number of aromatic nitrogens is 4. The summed E-state index contributed by atoms with van der Waals surface area (Å²) in [5, 5.41) is 13.9. The Balaban J connectivity index is 1.69. The molecule has 104 valence electrons. The molecule has 1 fully saturated rings. The number of carbonyl (C=O) groups excluding carboxylic acids is 1. The van der Waals surface area contributed by atoms with Crippen LogP contribution in [0.5, 0.6) is 0 Å². The van der Waals surface area contributed by atoms with Crippen LogP contribution in [0.4, 0.5) is 0 Å². The lowest BCUT2D eigenvalue weighted by Crippen LogP contribution is -2.41. The predicted octanol–water partition coefficient (Wildman–Crippen LogP) is 0.129. The zero-order chi connectivity index (χ0) is 13.9. The lowest BCUT2D eigenvalue weighted by Gasteiger charge is -2.16. The zero-order valence-corrected chi connectivity index (χ0v) is 10.9. The van der Waals surface area contributed by atoms with E-state index in [-0.39, 0.29) is 11.9 Å². The summed E-state index contributed by atoms with van der Waals surface area (Å²) < 4.78 is 1.54. The van der Waals surface area contributed by atoms with Crippen molar-refractivity contribution in [1.82, 2.24) is 25.5 Å². The first-order valence-electron chi connectivity index (χ1n) is 6.62. The van der Waals surface area contributed by atoms with Crippen molar-refractivity contribution in [3.63, 3.8) is 0 Å². The number of nitrogens with one attached hydrogen (secondary N) is 1. The van der Waals surface area contributed by atoms with Gasteiger partial charge in [-0.05, 0) is 53.5 Å². The monoisotopic (exact) mass is 272 g/mol. The quantitative estimate of drug-likeness (QED) is 0.806. The largest absolute Gasteiger partial charge is 0.348 e. The number of tetrazole rings is 1. The van der Waals surface area contributed by atoms with E-state index in [1.165, 1.54) is 11.0 Å². The summed E-state index contributed by atoms with van der Waals surface area (Å²) >= 11 is 0. The Hall–Kier alpha value is -2.28. The fraction of sp³-hybridized carbons (Fsp3) is 0.385. The summed E-state index contributed by atoms with van der Waals surface area (Å²) in [5.74, 6) is 0.458. The fourth-order valence-electron chi connectivity index (χ4n) is 2.16. The topological polar surface area (TPSA) is 98.7 Å². The minimum Gasteiger partial charge on any atom is -0.348 e. The highest BCUT2D eigenvalue weighted by Crippen LogP contribution is 2.32. The maximum Gasteiger partial charge on any atom is 0.251 e. The lowest BCUT2D eigenvalue weighted by atomic mass is 10.1. The number of nitrogens with zero attached hydrogens (tertiary/aromatic N) is 4. The van der Waals surface area contributed by atoms with Gasteiger partial charge >= 0.3 is 0 Å². The van der Waals surface area contributed by atoms with E-state index in [2.05, 4.69) is 20.8 Å². The van der Waals surface area contributed by atoms with Crippen LogP contribution in [0, 0.1) is 5.92 Å². The average molecular weight is 272 g/mol. The number of hydrogen-bond acceptors (Lipinski definition) is 5. The molecule has 0 bridgehead atoms. The highest BCUT2D eigenvalue weighted by atomic mass is 16.1. The summed E-state index contributed by atoms with van der Waals surface area (Å²) in [6.07, 6.45) is 3.81. The van der Waals surface area contributed by atoms with Gasteiger partial charge in [0.2, 0.25) is 0 Å². The van der Waals surface area contributed by atoms with Gasteiger partial charge in [-0.2, -0.15) is 0 Å². The second kappa shape index (κ2) is 5.38. The van der Waals surface area contributed by atoms with Crippen LogP contribution >= 0.6 is 0 Å². The molecule has 1 aromatic carbocycles. The van der Waals surface area contributed by atoms with Gasteiger partial charge < -0.3 is 11.1 Å². The molecular formula is C13H16N6O. The van der Waals surface area contributed by atoms with Crippen molar-refractivity contribution in [3.8, 4) is 5.69 Å². The van der Waals surface area contributed by atoms with Crippen molar-refractivity contribution in [1.29, 1.82) is 0 Å². The summed E-state index contributed by atoms with van der Waals surface area (Å²) in [6, 6.07) is 7.21. The number of hydrogen-bond donors (Lipinski definition) is 2. The van der Waals surface area contributed by atoms with E-state index >= 15 is 0 Å². The number of nitrogens with two attached hydrogens (primary N) is 1. The van der Waals surface area contributed by atoms with E-state index in [0.717, 1.165) is 18.5 Å². The molecule has 1 aliphatic carbocycles. The first kappa shape index (κ1) is 12.7. The van der Waals surface area contributed by atoms with Crippen LogP contribution in [0.2, 0.25) is 0 Å². The number of carbonyl (C=O) groups is 1. The van der Waals surface area contributed by atoms with Crippen molar-refractivity contribution >= 4 is 5.91 Å². The molecule has 2 aromatic rings. The smallest absolute Gasteiger partial charge is 0.251 e. The Morgan fingerprint density at radius 3 is 2.70 bits per heavy atom. The molecule has 1 atom stereocenters. The molecule has 1 aromatic heterocycles. The SMILES string of the molecule is NCC(NC(=O)c1ccc(-n2cnnn2)cc1)C1CC1. The molecule has 1 saturated carbocycles. The van der Waals surface area contributed by atoms with Crippen LogP contribution < -0.4 is 11.1 Å². The van der Waals surface area contributed by atoms with Crippen molar-refractivity contribution in [2.24, 2.45) is 11.7 Å². The van der Waals surface area contributed by atoms with Gasteiger partial charge in [0.25, 0.3) is 5.91 Å². The van der Waals surface area contributed by atoms with Crippen molar-refractivity contribution in [2.75, 3.05) is 6.54 Å². The third-order valence-corrected chi connectivity index (χ3v) is 3.50. The molecule has 1 heterocycles. The molecular weight excluding hydrogens is 256 g/mol.